The van der Waals surface area contributed by atoms with E-state index in [1.165, 1.54) is 6.07 Å². The van der Waals surface area contributed by atoms with Crippen molar-refractivity contribution < 1.29 is 14.5 Å². The van der Waals surface area contributed by atoms with Crippen LogP contribution in [0.2, 0.25) is 0 Å². The Morgan fingerprint density at radius 2 is 1.79 bits per heavy atom. The zero-order chi connectivity index (χ0) is 24.2. The first-order valence-electron chi connectivity index (χ1n) is 11.6. The smallest absolute Gasteiger partial charge is 0.294 e. The van der Waals surface area contributed by atoms with Gasteiger partial charge in [-0.1, -0.05) is 15.9 Å². The van der Waals surface area contributed by atoms with Crippen LogP contribution in [0.25, 0.3) is 0 Å². The lowest BCUT2D eigenvalue weighted by atomic mass is 10.0. The molecule has 2 amide bonds. The lowest BCUT2D eigenvalue weighted by molar-refractivity contribution is -0.384. The average molecular weight is 530 g/mol. The Balaban J connectivity index is 1.60. The molecule has 2 fully saturated rings. The first-order valence-corrected chi connectivity index (χ1v) is 12.4. The molecule has 4 rings (SSSR count). The Bertz CT molecular complexity index is 1100. The maximum absolute atomic E-state index is 13.4. The van der Waals surface area contributed by atoms with Gasteiger partial charge in [0.15, 0.2) is 0 Å². The number of nitro benzene ring substituents is 1. The molecular weight excluding hydrogens is 502 g/mol. The Morgan fingerprint density at radius 3 is 2.50 bits per heavy atom. The number of carbonyl (C=O) groups excluding carboxylic acids is 2. The van der Waals surface area contributed by atoms with E-state index < -0.39 is 4.92 Å². The molecule has 3 heterocycles. The van der Waals surface area contributed by atoms with Crippen molar-refractivity contribution in [3.63, 3.8) is 0 Å². The molecule has 0 unspecified atom stereocenters. The van der Waals surface area contributed by atoms with Crippen LogP contribution in [0.4, 0.5) is 11.4 Å². The maximum Gasteiger partial charge on any atom is 0.294 e. The molecule has 9 nitrogen and oxygen atoms in total. The summed E-state index contributed by atoms with van der Waals surface area (Å²) in [4.78, 5) is 45.5. The number of aryl methyl sites for hydroxylation is 1. The van der Waals surface area contributed by atoms with E-state index in [1.807, 2.05) is 6.92 Å². The first kappa shape index (κ1) is 24.1. The second-order valence-electron chi connectivity index (χ2n) is 8.88. The quantitative estimate of drug-likeness (QED) is 0.454. The zero-order valence-electron chi connectivity index (χ0n) is 19.1. The number of likely N-dealkylation sites (tertiary alicyclic amines) is 2. The lowest BCUT2D eigenvalue weighted by Gasteiger charge is -2.34. The predicted molar refractivity (Wildman–Crippen MR) is 132 cm³/mol. The van der Waals surface area contributed by atoms with Crippen molar-refractivity contribution in [1.82, 2.24) is 14.8 Å². The van der Waals surface area contributed by atoms with Crippen molar-refractivity contribution in [2.24, 2.45) is 0 Å². The largest absolute Gasteiger partial charge is 0.374 e. The number of anilines is 1. The van der Waals surface area contributed by atoms with E-state index in [2.05, 4.69) is 26.2 Å². The molecule has 34 heavy (non-hydrogen) atoms. The SMILES string of the molecule is Cc1ccncc1C(=O)N1CCC[C@@H](Nc2c(C(=O)N3CCCCC3)cc(Br)cc2[N+](=O)[O-])C1. The summed E-state index contributed by atoms with van der Waals surface area (Å²) in [5, 5.41) is 15.2. The number of pyridine rings is 1. The van der Waals surface area contributed by atoms with Crippen LogP contribution >= 0.6 is 15.9 Å². The average Bonchev–Trinajstić information content (AvgIpc) is 2.85. The number of benzene rings is 1. The number of nitrogens with zero attached hydrogens (tertiary/aromatic N) is 4. The minimum absolute atomic E-state index is 0.105. The molecule has 2 saturated heterocycles. The molecule has 180 valence electrons. The number of hydrogen-bond acceptors (Lipinski definition) is 6. The highest BCUT2D eigenvalue weighted by molar-refractivity contribution is 9.10. The van der Waals surface area contributed by atoms with E-state index in [1.54, 1.807) is 34.3 Å². The van der Waals surface area contributed by atoms with Gasteiger partial charge in [0.05, 0.1) is 16.1 Å². The van der Waals surface area contributed by atoms with E-state index in [9.17, 15) is 19.7 Å². The summed E-state index contributed by atoms with van der Waals surface area (Å²) in [5.74, 6) is -0.312. The summed E-state index contributed by atoms with van der Waals surface area (Å²) in [5.41, 5.74) is 1.77. The van der Waals surface area contributed by atoms with E-state index in [0.29, 0.717) is 36.2 Å². The van der Waals surface area contributed by atoms with Crippen molar-refractivity contribution >= 4 is 39.1 Å². The van der Waals surface area contributed by atoms with Gasteiger partial charge in [0.2, 0.25) is 0 Å². The molecule has 2 aromatic rings. The fourth-order valence-electron chi connectivity index (χ4n) is 4.67. The minimum atomic E-state index is -0.467. The monoisotopic (exact) mass is 529 g/mol. The summed E-state index contributed by atoms with van der Waals surface area (Å²) < 4.78 is 0.484. The van der Waals surface area contributed by atoms with E-state index in [-0.39, 0.29) is 34.8 Å². The number of carbonyl (C=O) groups is 2. The highest BCUT2D eigenvalue weighted by Gasteiger charge is 2.31. The molecule has 1 aromatic carbocycles. The van der Waals surface area contributed by atoms with Crippen molar-refractivity contribution in [2.75, 3.05) is 31.5 Å². The summed E-state index contributed by atoms with van der Waals surface area (Å²) in [6.07, 6.45) is 7.65. The molecule has 0 aliphatic carbocycles. The maximum atomic E-state index is 13.4. The topological polar surface area (TPSA) is 109 Å². The molecule has 1 atom stereocenters. The van der Waals surface area contributed by atoms with Gasteiger partial charge in [0.1, 0.15) is 5.69 Å². The molecular formula is C24H28BrN5O4. The number of nitrogens with one attached hydrogen (secondary N) is 1. The first-order chi connectivity index (χ1) is 16.3. The third kappa shape index (κ3) is 5.22. The zero-order valence-corrected chi connectivity index (χ0v) is 20.7. The van der Waals surface area contributed by atoms with Crippen LogP contribution in [0.1, 0.15) is 58.4 Å². The number of hydrogen-bond donors (Lipinski definition) is 1. The fraction of sp³-hybridized carbons (Fsp3) is 0.458. The van der Waals surface area contributed by atoms with Crippen LogP contribution < -0.4 is 5.32 Å². The summed E-state index contributed by atoms with van der Waals surface area (Å²) in [6, 6.07) is 4.65. The molecule has 1 aromatic heterocycles. The number of halogens is 1. The molecule has 0 spiro atoms. The van der Waals surface area contributed by atoms with Gasteiger partial charge in [-0.2, -0.15) is 0 Å². The van der Waals surface area contributed by atoms with Gasteiger partial charge < -0.3 is 15.1 Å². The van der Waals surface area contributed by atoms with Crippen molar-refractivity contribution in [3.05, 3.63) is 61.9 Å². The van der Waals surface area contributed by atoms with Crippen molar-refractivity contribution in [3.8, 4) is 0 Å². The number of aromatic nitrogens is 1. The number of rotatable bonds is 5. The van der Waals surface area contributed by atoms with Gasteiger partial charge in [-0.15, -0.1) is 0 Å². The predicted octanol–water partition coefficient (Wildman–Crippen LogP) is 4.40. The van der Waals surface area contributed by atoms with Crippen LogP contribution in [-0.4, -0.2) is 63.7 Å². The van der Waals surface area contributed by atoms with Crippen LogP contribution in [0, 0.1) is 17.0 Å². The van der Waals surface area contributed by atoms with E-state index in [4.69, 9.17) is 0 Å². The molecule has 2 aliphatic rings. The molecule has 2 aliphatic heterocycles. The van der Waals surface area contributed by atoms with Crippen LogP contribution in [0.3, 0.4) is 0 Å². The van der Waals surface area contributed by atoms with Gasteiger partial charge in [-0.3, -0.25) is 24.7 Å². The summed E-state index contributed by atoms with van der Waals surface area (Å²) >= 11 is 3.33. The Labute approximate surface area is 206 Å². The Morgan fingerprint density at radius 1 is 1.09 bits per heavy atom. The summed E-state index contributed by atoms with van der Waals surface area (Å²) in [7, 11) is 0. The highest BCUT2D eigenvalue weighted by atomic mass is 79.9. The second-order valence-corrected chi connectivity index (χ2v) is 9.80. The Hall–Kier alpha value is -3.01. The van der Waals surface area contributed by atoms with Gasteiger partial charge in [-0.25, -0.2) is 0 Å². The number of nitro groups is 1. The van der Waals surface area contributed by atoms with E-state index >= 15 is 0 Å². The lowest BCUT2D eigenvalue weighted by Crippen LogP contribution is -2.45. The van der Waals surface area contributed by atoms with Gasteiger partial charge in [0.25, 0.3) is 17.5 Å². The van der Waals surface area contributed by atoms with Crippen molar-refractivity contribution in [2.45, 2.75) is 45.1 Å². The Kier molecular flexibility index (Phi) is 7.45. The van der Waals surface area contributed by atoms with Gasteiger partial charge >= 0.3 is 0 Å². The van der Waals surface area contributed by atoms with Crippen LogP contribution in [0.5, 0.6) is 0 Å². The van der Waals surface area contributed by atoms with Crippen molar-refractivity contribution in [1.29, 1.82) is 0 Å². The third-order valence-corrected chi connectivity index (χ3v) is 6.94. The normalized spacial score (nSPS) is 18.5. The minimum Gasteiger partial charge on any atom is -0.374 e. The molecule has 0 saturated carbocycles. The van der Waals surface area contributed by atoms with Gasteiger partial charge in [-0.05, 0) is 56.7 Å². The summed E-state index contributed by atoms with van der Waals surface area (Å²) in [6.45, 7) is 4.16. The highest BCUT2D eigenvalue weighted by Crippen LogP contribution is 2.35. The molecule has 1 N–H and O–H groups in total. The second kappa shape index (κ2) is 10.5. The molecule has 0 bridgehead atoms. The standard InChI is InChI=1S/C24H28BrN5O4/c1-16-7-8-26-14-20(16)24(32)29-11-5-6-18(15-29)27-22-19(12-17(25)13-21(22)30(33)34)23(31)28-9-3-2-4-10-28/h7-8,12-14,18,27H,2-6,9-11,15H2,1H3/t18-/m1/s1. The van der Waals surface area contributed by atoms with Crippen LogP contribution in [-0.2, 0) is 0 Å². The molecule has 10 heteroatoms. The number of amides is 2. The van der Waals surface area contributed by atoms with Gasteiger partial charge in [0, 0.05) is 55.2 Å². The fourth-order valence-corrected chi connectivity index (χ4v) is 5.11. The number of piperidine rings is 2. The van der Waals surface area contributed by atoms with E-state index in [0.717, 1.165) is 37.7 Å². The third-order valence-electron chi connectivity index (χ3n) is 6.48. The molecule has 0 radical (unpaired) electrons. The van der Waals surface area contributed by atoms with Crippen LogP contribution in [0.15, 0.2) is 35.1 Å².